The molecule has 35 heavy (non-hydrogen) atoms. The number of halogens is 1. The third kappa shape index (κ3) is 5.97. The molecule has 6 nitrogen and oxygen atoms in total. The van der Waals surface area contributed by atoms with Gasteiger partial charge in [-0.2, -0.15) is 0 Å². The zero-order valence-corrected chi connectivity index (χ0v) is 21.6. The van der Waals surface area contributed by atoms with Crippen LogP contribution in [0.3, 0.4) is 0 Å². The van der Waals surface area contributed by atoms with E-state index in [-0.39, 0.29) is 11.4 Å². The first-order valence-electron chi connectivity index (χ1n) is 11.7. The summed E-state index contributed by atoms with van der Waals surface area (Å²) in [5.74, 6) is -0.402. The van der Waals surface area contributed by atoms with Gasteiger partial charge in [0.2, 0.25) is 5.91 Å². The van der Waals surface area contributed by atoms with E-state index in [4.69, 9.17) is 11.6 Å². The molecule has 1 saturated heterocycles. The van der Waals surface area contributed by atoms with E-state index in [1.165, 1.54) is 18.5 Å². The van der Waals surface area contributed by atoms with Crippen molar-refractivity contribution in [3.63, 3.8) is 0 Å². The Kier molecular flexibility index (Phi) is 7.67. The number of rotatable bonds is 8. The molecule has 1 aliphatic rings. The Labute approximate surface area is 212 Å². The molecule has 0 radical (unpaired) electrons. The number of anilines is 2. The third-order valence-electron chi connectivity index (χ3n) is 6.24. The number of sulfonamides is 1. The lowest BCUT2D eigenvalue weighted by Crippen LogP contribution is -2.40. The molecule has 1 heterocycles. The molecular formula is C27H30ClN3O3S. The van der Waals surface area contributed by atoms with Crippen molar-refractivity contribution < 1.29 is 13.2 Å². The molecule has 0 spiro atoms. The number of nitrogens with zero attached hydrogens (tertiary/aromatic N) is 2. The minimum Gasteiger partial charge on any atom is -0.372 e. The van der Waals surface area contributed by atoms with Crippen LogP contribution in [0, 0.1) is 13.8 Å². The van der Waals surface area contributed by atoms with Gasteiger partial charge in [-0.15, -0.1) is 0 Å². The summed E-state index contributed by atoms with van der Waals surface area (Å²) in [5.41, 5.74) is 4.25. The second-order valence-corrected chi connectivity index (χ2v) is 11.2. The quantitative estimate of drug-likeness (QED) is 0.458. The molecule has 0 saturated carbocycles. The molecule has 1 fully saturated rings. The van der Waals surface area contributed by atoms with Crippen LogP contribution in [0.1, 0.15) is 29.5 Å². The minimum absolute atomic E-state index is 0.116. The number of carbonyl (C=O) groups is 1. The van der Waals surface area contributed by atoms with E-state index in [2.05, 4.69) is 22.3 Å². The Morgan fingerprint density at radius 2 is 1.63 bits per heavy atom. The van der Waals surface area contributed by atoms with Crippen LogP contribution in [0.15, 0.2) is 71.6 Å². The molecule has 0 aromatic heterocycles. The molecule has 0 atom stereocenters. The maximum Gasteiger partial charge on any atom is 0.264 e. The Balaban J connectivity index is 1.50. The summed E-state index contributed by atoms with van der Waals surface area (Å²) in [6, 6.07) is 19.7. The first-order chi connectivity index (χ1) is 16.7. The summed E-state index contributed by atoms with van der Waals surface area (Å²) < 4.78 is 28.1. The highest BCUT2D eigenvalue weighted by Crippen LogP contribution is 2.28. The molecule has 4 rings (SSSR count). The van der Waals surface area contributed by atoms with Gasteiger partial charge in [0.1, 0.15) is 6.54 Å². The fraction of sp³-hybridized carbons (Fsp3) is 0.296. The van der Waals surface area contributed by atoms with Crippen molar-refractivity contribution in [1.29, 1.82) is 0 Å². The van der Waals surface area contributed by atoms with Gasteiger partial charge < -0.3 is 10.2 Å². The van der Waals surface area contributed by atoms with Crippen molar-refractivity contribution >= 4 is 38.9 Å². The average molecular weight is 512 g/mol. The molecule has 8 heteroatoms. The van der Waals surface area contributed by atoms with E-state index in [9.17, 15) is 13.2 Å². The molecule has 1 amide bonds. The van der Waals surface area contributed by atoms with Gasteiger partial charge in [0.25, 0.3) is 10.0 Å². The van der Waals surface area contributed by atoms with Crippen molar-refractivity contribution in [2.45, 2.75) is 38.1 Å². The Morgan fingerprint density at radius 1 is 0.971 bits per heavy atom. The summed E-state index contributed by atoms with van der Waals surface area (Å²) in [6.45, 7) is 5.83. The van der Waals surface area contributed by atoms with Gasteiger partial charge in [-0.1, -0.05) is 47.5 Å². The Hall–Kier alpha value is -3.03. The summed E-state index contributed by atoms with van der Waals surface area (Å²) >= 11 is 6.29. The summed E-state index contributed by atoms with van der Waals surface area (Å²) in [7, 11) is -3.99. The van der Waals surface area contributed by atoms with Gasteiger partial charge >= 0.3 is 0 Å². The van der Waals surface area contributed by atoms with Gasteiger partial charge in [-0.05, 0) is 74.2 Å². The van der Waals surface area contributed by atoms with Gasteiger partial charge in [0.05, 0.1) is 10.6 Å². The van der Waals surface area contributed by atoms with Crippen LogP contribution in [0.2, 0.25) is 5.02 Å². The van der Waals surface area contributed by atoms with Crippen LogP contribution in [-0.4, -0.2) is 34.0 Å². The van der Waals surface area contributed by atoms with Crippen LogP contribution >= 0.6 is 11.6 Å². The molecule has 184 valence electrons. The summed E-state index contributed by atoms with van der Waals surface area (Å²) in [5, 5.41) is 3.29. The van der Waals surface area contributed by atoms with E-state index >= 15 is 0 Å². The van der Waals surface area contributed by atoms with Gasteiger partial charge in [0, 0.05) is 30.3 Å². The van der Waals surface area contributed by atoms with Crippen molar-refractivity contribution in [3.8, 4) is 0 Å². The van der Waals surface area contributed by atoms with Crippen molar-refractivity contribution in [2.75, 3.05) is 28.8 Å². The lowest BCUT2D eigenvalue weighted by Gasteiger charge is -2.24. The molecule has 0 aliphatic carbocycles. The SMILES string of the molecule is Cc1ccc(S(=O)(=O)N(CC(=O)NCc2ccc(N3CCCC3)cc2)c2ccc(C)c(Cl)c2)cc1. The lowest BCUT2D eigenvalue weighted by atomic mass is 10.2. The molecule has 3 aromatic rings. The monoisotopic (exact) mass is 511 g/mol. The second kappa shape index (κ2) is 10.7. The van der Waals surface area contributed by atoms with Crippen molar-refractivity contribution in [3.05, 3.63) is 88.4 Å². The van der Waals surface area contributed by atoms with Crippen LogP contribution in [0.5, 0.6) is 0 Å². The van der Waals surface area contributed by atoms with Crippen LogP contribution < -0.4 is 14.5 Å². The highest BCUT2D eigenvalue weighted by Gasteiger charge is 2.27. The number of hydrogen-bond acceptors (Lipinski definition) is 4. The van der Waals surface area contributed by atoms with Crippen LogP contribution in [-0.2, 0) is 21.4 Å². The van der Waals surface area contributed by atoms with E-state index < -0.39 is 15.9 Å². The first kappa shape index (κ1) is 25.1. The number of benzene rings is 3. The van der Waals surface area contributed by atoms with Crippen LogP contribution in [0.4, 0.5) is 11.4 Å². The fourth-order valence-electron chi connectivity index (χ4n) is 4.08. The van der Waals surface area contributed by atoms with Crippen molar-refractivity contribution in [1.82, 2.24) is 5.32 Å². The third-order valence-corrected chi connectivity index (χ3v) is 8.43. The number of nitrogens with one attached hydrogen (secondary N) is 1. The molecule has 1 N–H and O–H groups in total. The van der Waals surface area contributed by atoms with Gasteiger partial charge in [-0.3, -0.25) is 9.10 Å². The zero-order valence-electron chi connectivity index (χ0n) is 20.0. The summed E-state index contributed by atoms with van der Waals surface area (Å²) in [6.07, 6.45) is 2.43. The maximum absolute atomic E-state index is 13.5. The number of aryl methyl sites for hydroxylation is 2. The predicted molar refractivity (Wildman–Crippen MR) is 142 cm³/mol. The number of carbonyl (C=O) groups excluding carboxylic acids is 1. The maximum atomic E-state index is 13.5. The van der Waals surface area contributed by atoms with E-state index in [0.29, 0.717) is 17.3 Å². The van der Waals surface area contributed by atoms with Gasteiger partial charge in [-0.25, -0.2) is 8.42 Å². The normalized spacial score (nSPS) is 13.6. The molecular weight excluding hydrogens is 482 g/mol. The van der Waals surface area contributed by atoms with E-state index in [1.54, 1.807) is 42.5 Å². The largest absolute Gasteiger partial charge is 0.372 e. The van der Waals surface area contributed by atoms with Crippen LogP contribution in [0.25, 0.3) is 0 Å². The molecule has 1 aliphatic heterocycles. The Morgan fingerprint density at radius 3 is 2.26 bits per heavy atom. The smallest absolute Gasteiger partial charge is 0.264 e. The van der Waals surface area contributed by atoms with E-state index in [0.717, 1.165) is 34.1 Å². The summed E-state index contributed by atoms with van der Waals surface area (Å²) in [4.78, 5) is 15.4. The van der Waals surface area contributed by atoms with E-state index in [1.807, 2.05) is 26.0 Å². The molecule has 0 unspecified atom stereocenters. The Bertz CT molecular complexity index is 1290. The zero-order chi connectivity index (χ0) is 25.0. The lowest BCUT2D eigenvalue weighted by molar-refractivity contribution is -0.119. The average Bonchev–Trinajstić information content (AvgIpc) is 3.39. The highest BCUT2D eigenvalue weighted by atomic mass is 35.5. The van der Waals surface area contributed by atoms with Gasteiger partial charge in [0.15, 0.2) is 0 Å². The fourth-order valence-corrected chi connectivity index (χ4v) is 5.66. The number of hydrogen-bond donors (Lipinski definition) is 1. The standard InChI is InChI=1S/C27H30ClN3O3S/c1-20-5-13-25(14-6-20)35(33,34)31(24-10-7-21(2)26(28)17-24)19-27(32)29-18-22-8-11-23(12-9-22)30-15-3-4-16-30/h5-14,17H,3-4,15-16,18-19H2,1-2H3,(H,29,32). The molecule has 3 aromatic carbocycles. The molecule has 0 bridgehead atoms. The highest BCUT2D eigenvalue weighted by molar-refractivity contribution is 7.92. The first-order valence-corrected chi connectivity index (χ1v) is 13.5. The second-order valence-electron chi connectivity index (χ2n) is 8.90. The topological polar surface area (TPSA) is 69.7 Å². The minimum atomic E-state index is -3.99. The van der Waals surface area contributed by atoms with Crippen molar-refractivity contribution in [2.24, 2.45) is 0 Å². The predicted octanol–water partition coefficient (Wildman–Crippen LogP) is 5.07. The number of amides is 1.